The first-order valence-corrected chi connectivity index (χ1v) is 4.84. The van der Waals surface area contributed by atoms with Crippen molar-refractivity contribution in [3.05, 3.63) is 24.3 Å². The van der Waals surface area contributed by atoms with Crippen LogP contribution >= 0.6 is 0 Å². The van der Waals surface area contributed by atoms with Gasteiger partial charge in [0.15, 0.2) is 5.78 Å². The Morgan fingerprint density at radius 1 is 1.47 bits per heavy atom. The van der Waals surface area contributed by atoms with Crippen molar-refractivity contribution in [2.24, 2.45) is 0 Å². The molecule has 15 heavy (non-hydrogen) atoms. The molecule has 0 saturated heterocycles. The molecule has 0 radical (unpaired) electrons. The Morgan fingerprint density at radius 2 is 2.20 bits per heavy atom. The molecule has 0 aromatic heterocycles. The van der Waals surface area contributed by atoms with Crippen molar-refractivity contribution >= 4 is 17.2 Å². The summed E-state index contributed by atoms with van der Waals surface area (Å²) in [4.78, 5) is 13.2. The molecule has 3 N–H and O–H groups in total. The summed E-state index contributed by atoms with van der Waals surface area (Å²) >= 11 is 0. The van der Waals surface area contributed by atoms with Crippen LogP contribution in [0.15, 0.2) is 24.3 Å². The quantitative estimate of drug-likeness (QED) is 0.702. The summed E-state index contributed by atoms with van der Waals surface area (Å²) < 4.78 is 0. The van der Waals surface area contributed by atoms with E-state index in [4.69, 9.17) is 5.73 Å². The third kappa shape index (κ3) is 4.46. The molecule has 0 aliphatic heterocycles. The highest BCUT2D eigenvalue weighted by molar-refractivity contribution is 5.84. The SMILES string of the molecule is CN(C)CC(=O)CNc1cccc(N)c1. The normalized spacial score (nSPS) is 10.3. The van der Waals surface area contributed by atoms with Gasteiger partial charge in [0, 0.05) is 11.4 Å². The van der Waals surface area contributed by atoms with Crippen LogP contribution in [0.2, 0.25) is 0 Å². The first-order chi connectivity index (χ1) is 7.08. The van der Waals surface area contributed by atoms with Crippen molar-refractivity contribution < 1.29 is 4.79 Å². The lowest BCUT2D eigenvalue weighted by molar-refractivity contribution is -0.118. The number of carbonyl (C=O) groups is 1. The van der Waals surface area contributed by atoms with Gasteiger partial charge < -0.3 is 16.0 Å². The van der Waals surface area contributed by atoms with Gasteiger partial charge in [-0.3, -0.25) is 4.79 Å². The van der Waals surface area contributed by atoms with Gasteiger partial charge in [-0.15, -0.1) is 0 Å². The number of likely N-dealkylation sites (N-methyl/N-ethyl adjacent to an activating group) is 1. The predicted octanol–water partition coefficient (Wildman–Crippen LogP) is 0.811. The second-order valence-electron chi connectivity index (χ2n) is 3.76. The van der Waals surface area contributed by atoms with Crippen LogP contribution in [-0.2, 0) is 4.79 Å². The maximum absolute atomic E-state index is 11.4. The summed E-state index contributed by atoms with van der Waals surface area (Å²) in [7, 11) is 3.75. The summed E-state index contributed by atoms with van der Waals surface area (Å²) in [5, 5.41) is 3.03. The van der Waals surface area contributed by atoms with Gasteiger partial charge >= 0.3 is 0 Å². The Labute approximate surface area is 90.1 Å². The number of Topliss-reactive ketones (excluding diaryl/α,β-unsaturated/α-hetero) is 1. The predicted molar refractivity (Wildman–Crippen MR) is 62.9 cm³/mol. The van der Waals surface area contributed by atoms with E-state index in [1.54, 1.807) is 0 Å². The van der Waals surface area contributed by atoms with Crippen LogP contribution in [0.25, 0.3) is 0 Å². The van der Waals surface area contributed by atoms with E-state index in [0.29, 0.717) is 18.8 Å². The highest BCUT2D eigenvalue weighted by atomic mass is 16.1. The number of carbonyl (C=O) groups excluding carboxylic acids is 1. The fourth-order valence-corrected chi connectivity index (χ4v) is 1.26. The number of hydrogen-bond acceptors (Lipinski definition) is 4. The lowest BCUT2D eigenvalue weighted by atomic mass is 10.2. The lowest BCUT2D eigenvalue weighted by Crippen LogP contribution is -2.26. The zero-order chi connectivity index (χ0) is 11.3. The first-order valence-electron chi connectivity index (χ1n) is 4.84. The average molecular weight is 207 g/mol. The number of nitrogens with one attached hydrogen (secondary N) is 1. The van der Waals surface area contributed by atoms with Gasteiger partial charge in [-0.1, -0.05) is 6.07 Å². The fraction of sp³-hybridized carbons (Fsp3) is 0.364. The molecule has 0 saturated carbocycles. The maximum atomic E-state index is 11.4. The average Bonchev–Trinajstić information content (AvgIpc) is 2.14. The number of nitrogens with two attached hydrogens (primary N) is 1. The van der Waals surface area contributed by atoms with Gasteiger partial charge in [0.25, 0.3) is 0 Å². The highest BCUT2D eigenvalue weighted by Crippen LogP contribution is 2.10. The number of hydrogen-bond donors (Lipinski definition) is 2. The third-order valence-electron chi connectivity index (χ3n) is 1.87. The molecule has 1 aromatic carbocycles. The van der Waals surface area contributed by atoms with Crippen LogP contribution in [0.5, 0.6) is 0 Å². The highest BCUT2D eigenvalue weighted by Gasteiger charge is 2.02. The number of nitrogen functional groups attached to an aromatic ring is 1. The molecule has 4 heteroatoms. The standard InChI is InChI=1S/C11H17N3O/c1-14(2)8-11(15)7-13-10-5-3-4-9(12)6-10/h3-6,13H,7-8,12H2,1-2H3. The van der Waals surface area contributed by atoms with E-state index in [-0.39, 0.29) is 5.78 Å². The molecule has 0 bridgehead atoms. The van der Waals surface area contributed by atoms with Crippen LogP contribution in [0.1, 0.15) is 0 Å². The Hall–Kier alpha value is -1.55. The minimum atomic E-state index is 0.155. The van der Waals surface area contributed by atoms with E-state index in [1.165, 1.54) is 0 Å². The lowest BCUT2D eigenvalue weighted by Gasteiger charge is -2.10. The molecule has 0 fully saturated rings. The van der Waals surface area contributed by atoms with E-state index >= 15 is 0 Å². The van der Waals surface area contributed by atoms with E-state index < -0.39 is 0 Å². The van der Waals surface area contributed by atoms with E-state index in [0.717, 1.165) is 5.69 Å². The number of benzene rings is 1. The summed E-state index contributed by atoms with van der Waals surface area (Å²) in [6.45, 7) is 0.789. The van der Waals surface area contributed by atoms with E-state index in [2.05, 4.69) is 5.32 Å². The van der Waals surface area contributed by atoms with E-state index in [1.807, 2.05) is 43.3 Å². The monoisotopic (exact) mass is 207 g/mol. The molecule has 0 heterocycles. The molecular weight excluding hydrogens is 190 g/mol. The van der Waals surface area contributed by atoms with Crippen LogP contribution in [-0.4, -0.2) is 37.9 Å². The van der Waals surface area contributed by atoms with Gasteiger partial charge in [0.1, 0.15) is 0 Å². The molecule has 0 amide bonds. The van der Waals surface area contributed by atoms with Crippen molar-refractivity contribution in [3.8, 4) is 0 Å². The summed E-state index contributed by atoms with van der Waals surface area (Å²) in [5.74, 6) is 0.155. The Bertz CT molecular complexity index is 336. The summed E-state index contributed by atoms with van der Waals surface area (Å²) in [5.41, 5.74) is 7.18. The number of ketones is 1. The van der Waals surface area contributed by atoms with Gasteiger partial charge in [-0.05, 0) is 32.3 Å². The largest absolute Gasteiger partial charge is 0.399 e. The van der Waals surface area contributed by atoms with Crippen molar-refractivity contribution in [2.75, 3.05) is 38.2 Å². The molecule has 1 rings (SSSR count). The molecule has 0 unspecified atom stereocenters. The molecule has 0 aliphatic carbocycles. The zero-order valence-electron chi connectivity index (χ0n) is 9.16. The topological polar surface area (TPSA) is 58.4 Å². The van der Waals surface area contributed by atoms with Crippen molar-refractivity contribution in [2.45, 2.75) is 0 Å². The fourth-order valence-electron chi connectivity index (χ4n) is 1.26. The third-order valence-corrected chi connectivity index (χ3v) is 1.87. The van der Waals surface area contributed by atoms with Crippen LogP contribution in [0.4, 0.5) is 11.4 Å². The second kappa shape index (κ2) is 5.36. The molecule has 82 valence electrons. The Balaban J connectivity index is 2.40. The molecular formula is C11H17N3O. The molecule has 1 aromatic rings. The molecule has 4 nitrogen and oxygen atoms in total. The summed E-state index contributed by atoms with van der Waals surface area (Å²) in [6, 6.07) is 7.36. The second-order valence-corrected chi connectivity index (χ2v) is 3.76. The Kier molecular flexibility index (Phi) is 4.12. The summed E-state index contributed by atoms with van der Waals surface area (Å²) in [6.07, 6.45) is 0. The first kappa shape index (κ1) is 11.5. The minimum absolute atomic E-state index is 0.155. The molecule has 0 aliphatic rings. The zero-order valence-corrected chi connectivity index (χ0v) is 9.16. The van der Waals surface area contributed by atoms with Gasteiger partial charge in [0.05, 0.1) is 13.1 Å². The molecule has 0 atom stereocenters. The number of rotatable bonds is 5. The van der Waals surface area contributed by atoms with Crippen LogP contribution < -0.4 is 11.1 Å². The van der Waals surface area contributed by atoms with Crippen molar-refractivity contribution in [3.63, 3.8) is 0 Å². The van der Waals surface area contributed by atoms with Crippen molar-refractivity contribution in [1.82, 2.24) is 4.90 Å². The number of nitrogens with zero attached hydrogens (tertiary/aromatic N) is 1. The smallest absolute Gasteiger partial charge is 0.165 e. The minimum Gasteiger partial charge on any atom is -0.399 e. The van der Waals surface area contributed by atoms with Crippen LogP contribution in [0.3, 0.4) is 0 Å². The number of anilines is 2. The van der Waals surface area contributed by atoms with Crippen LogP contribution in [0, 0.1) is 0 Å². The van der Waals surface area contributed by atoms with Gasteiger partial charge in [-0.2, -0.15) is 0 Å². The van der Waals surface area contributed by atoms with Gasteiger partial charge in [-0.25, -0.2) is 0 Å². The Morgan fingerprint density at radius 3 is 2.80 bits per heavy atom. The van der Waals surface area contributed by atoms with Gasteiger partial charge in [0.2, 0.25) is 0 Å². The maximum Gasteiger partial charge on any atom is 0.165 e. The van der Waals surface area contributed by atoms with E-state index in [9.17, 15) is 4.79 Å². The van der Waals surface area contributed by atoms with Crippen molar-refractivity contribution in [1.29, 1.82) is 0 Å². The molecule has 0 spiro atoms.